The Kier molecular flexibility index (Phi) is 3.27. The summed E-state index contributed by atoms with van der Waals surface area (Å²) >= 11 is 7.44. The number of hydrogen-bond donors (Lipinski definition) is 0. The van der Waals surface area contributed by atoms with Crippen LogP contribution < -0.4 is 0 Å². The molecule has 0 fully saturated rings. The van der Waals surface area contributed by atoms with Crippen LogP contribution in [0.2, 0.25) is 0 Å². The van der Waals surface area contributed by atoms with E-state index in [9.17, 15) is 0 Å². The third-order valence-corrected chi connectivity index (χ3v) is 2.79. The third kappa shape index (κ3) is 2.42. The average Bonchev–Trinajstić information content (AvgIpc) is 2.37. The molecule has 0 saturated carbocycles. The molecule has 1 rings (SSSR count). The summed E-state index contributed by atoms with van der Waals surface area (Å²) in [4.78, 5) is 0. The lowest BCUT2D eigenvalue weighted by Gasteiger charge is -1.90. The Bertz CT molecular complexity index is 222. The van der Waals surface area contributed by atoms with E-state index in [0.29, 0.717) is 0 Å². The van der Waals surface area contributed by atoms with Gasteiger partial charge in [0.25, 0.3) is 0 Å². The number of nitrogens with zero attached hydrogens (tertiary/aromatic N) is 2. The molecule has 0 radical (unpaired) electrons. The van der Waals surface area contributed by atoms with Gasteiger partial charge in [0.1, 0.15) is 10.0 Å². The Labute approximate surface area is 75.6 Å². The lowest BCUT2D eigenvalue weighted by Crippen LogP contribution is -1.81. The Morgan fingerprint density at radius 3 is 2.73 bits per heavy atom. The molecule has 11 heavy (non-hydrogen) atoms. The predicted octanol–water partition coefficient (Wildman–Crippen LogP) is 2.79. The number of rotatable bonds is 3. The van der Waals surface area contributed by atoms with E-state index in [1.165, 1.54) is 0 Å². The van der Waals surface area contributed by atoms with E-state index in [4.69, 9.17) is 11.6 Å². The van der Waals surface area contributed by atoms with Gasteiger partial charge in [-0.1, -0.05) is 18.3 Å². The molecule has 0 aromatic carbocycles. The SMILES string of the molecule is CCCc1nnc(C(C)Cl)s1. The van der Waals surface area contributed by atoms with E-state index in [2.05, 4.69) is 17.1 Å². The van der Waals surface area contributed by atoms with Crippen LogP contribution in [0.15, 0.2) is 0 Å². The Morgan fingerprint density at radius 1 is 1.55 bits per heavy atom. The van der Waals surface area contributed by atoms with Gasteiger partial charge in [0.15, 0.2) is 0 Å². The largest absolute Gasteiger partial charge is 0.144 e. The van der Waals surface area contributed by atoms with Crippen LogP contribution in [-0.4, -0.2) is 10.2 Å². The molecule has 1 aromatic heterocycles. The number of hydrogen-bond acceptors (Lipinski definition) is 3. The molecule has 0 aliphatic rings. The van der Waals surface area contributed by atoms with Crippen LogP contribution >= 0.6 is 22.9 Å². The Balaban J connectivity index is 2.66. The van der Waals surface area contributed by atoms with Crippen LogP contribution in [0.25, 0.3) is 0 Å². The molecule has 1 atom stereocenters. The van der Waals surface area contributed by atoms with E-state index < -0.39 is 0 Å². The Morgan fingerprint density at radius 2 is 2.27 bits per heavy atom. The van der Waals surface area contributed by atoms with Crippen molar-refractivity contribution in [2.45, 2.75) is 32.1 Å². The molecule has 0 aliphatic heterocycles. The summed E-state index contributed by atoms with van der Waals surface area (Å²) in [5.74, 6) is 0. The smallest absolute Gasteiger partial charge is 0.135 e. The van der Waals surface area contributed by atoms with Crippen LogP contribution in [0.3, 0.4) is 0 Å². The maximum Gasteiger partial charge on any atom is 0.135 e. The van der Waals surface area contributed by atoms with Gasteiger partial charge in [0, 0.05) is 6.42 Å². The summed E-state index contributed by atoms with van der Waals surface area (Å²) in [6, 6.07) is 0. The minimum absolute atomic E-state index is 0.00175. The van der Waals surface area contributed by atoms with Gasteiger partial charge in [-0.15, -0.1) is 21.8 Å². The Hall–Kier alpha value is -0.150. The zero-order valence-corrected chi connectivity index (χ0v) is 8.24. The fraction of sp³-hybridized carbons (Fsp3) is 0.714. The van der Waals surface area contributed by atoms with Crippen molar-refractivity contribution in [2.75, 3.05) is 0 Å². The number of aryl methyl sites for hydroxylation is 1. The van der Waals surface area contributed by atoms with Crippen molar-refractivity contribution in [3.8, 4) is 0 Å². The summed E-state index contributed by atoms with van der Waals surface area (Å²) in [6.07, 6.45) is 2.13. The second-order valence-corrected chi connectivity index (χ2v) is 4.15. The lowest BCUT2D eigenvalue weighted by molar-refractivity contribution is 0.864. The first kappa shape index (κ1) is 8.94. The molecule has 0 bridgehead atoms. The van der Waals surface area contributed by atoms with Crippen LogP contribution in [-0.2, 0) is 6.42 Å². The van der Waals surface area contributed by atoms with Gasteiger partial charge >= 0.3 is 0 Å². The maximum atomic E-state index is 5.82. The van der Waals surface area contributed by atoms with Crippen molar-refractivity contribution < 1.29 is 0 Å². The molecule has 0 amide bonds. The van der Waals surface area contributed by atoms with Crippen molar-refractivity contribution >= 4 is 22.9 Å². The highest BCUT2D eigenvalue weighted by Gasteiger charge is 2.07. The number of alkyl halides is 1. The standard InChI is InChI=1S/C7H11ClN2S/c1-3-4-6-9-10-7(11-6)5(2)8/h5H,3-4H2,1-2H3. The van der Waals surface area contributed by atoms with Gasteiger partial charge in [-0.25, -0.2) is 0 Å². The molecule has 0 saturated heterocycles. The molecule has 0 spiro atoms. The summed E-state index contributed by atoms with van der Waals surface area (Å²) in [7, 11) is 0. The van der Waals surface area contributed by atoms with Crippen molar-refractivity contribution in [1.82, 2.24) is 10.2 Å². The van der Waals surface area contributed by atoms with Crippen molar-refractivity contribution in [2.24, 2.45) is 0 Å². The fourth-order valence-electron chi connectivity index (χ4n) is 0.742. The zero-order chi connectivity index (χ0) is 8.27. The second kappa shape index (κ2) is 4.02. The molecule has 1 heterocycles. The predicted molar refractivity (Wildman–Crippen MR) is 48.2 cm³/mol. The van der Waals surface area contributed by atoms with E-state index in [1.807, 2.05) is 6.92 Å². The van der Waals surface area contributed by atoms with Gasteiger partial charge < -0.3 is 0 Å². The summed E-state index contributed by atoms with van der Waals surface area (Å²) in [6.45, 7) is 4.04. The average molecular weight is 191 g/mol. The number of halogens is 1. The molecule has 1 unspecified atom stereocenters. The van der Waals surface area contributed by atoms with E-state index in [1.54, 1.807) is 11.3 Å². The summed E-state index contributed by atoms with van der Waals surface area (Å²) in [5, 5.41) is 10.00. The van der Waals surface area contributed by atoms with Crippen molar-refractivity contribution in [3.63, 3.8) is 0 Å². The zero-order valence-electron chi connectivity index (χ0n) is 6.67. The second-order valence-electron chi connectivity index (χ2n) is 2.40. The minimum atomic E-state index is -0.00175. The highest BCUT2D eigenvalue weighted by molar-refractivity contribution is 7.11. The van der Waals surface area contributed by atoms with Gasteiger partial charge in [-0.2, -0.15) is 0 Å². The molecule has 1 aromatic rings. The van der Waals surface area contributed by atoms with Gasteiger partial charge in [-0.3, -0.25) is 0 Å². The first-order chi connectivity index (χ1) is 5.24. The van der Waals surface area contributed by atoms with E-state index >= 15 is 0 Å². The molecule has 0 aliphatic carbocycles. The molecule has 0 N–H and O–H groups in total. The third-order valence-electron chi connectivity index (χ3n) is 1.29. The van der Waals surface area contributed by atoms with Crippen LogP contribution in [0.1, 0.15) is 35.7 Å². The van der Waals surface area contributed by atoms with E-state index in [0.717, 1.165) is 22.9 Å². The molecule has 2 nitrogen and oxygen atoms in total. The fourth-order valence-corrected chi connectivity index (χ4v) is 1.79. The molecule has 62 valence electrons. The van der Waals surface area contributed by atoms with Crippen LogP contribution in [0.4, 0.5) is 0 Å². The van der Waals surface area contributed by atoms with Crippen LogP contribution in [0.5, 0.6) is 0 Å². The molecular weight excluding hydrogens is 180 g/mol. The first-order valence-corrected chi connectivity index (χ1v) is 4.95. The van der Waals surface area contributed by atoms with Gasteiger partial charge in [-0.05, 0) is 13.3 Å². The minimum Gasteiger partial charge on any atom is -0.144 e. The topological polar surface area (TPSA) is 25.8 Å². The normalized spacial score (nSPS) is 13.4. The van der Waals surface area contributed by atoms with Crippen molar-refractivity contribution in [1.29, 1.82) is 0 Å². The highest BCUT2D eigenvalue weighted by Crippen LogP contribution is 2.23. The van der Waals surface area contributed by atoms with Gasteiger partial charge in [0.05, 0.1) is 5.38 Å². The van der Waals surface area contributed by atoms with E-state index in [-0.39, 0.29) is 5.38 Å². The maximum absolute atomic E-state index is 5.82. The highest BCUT2D eigenvalue weighted by atomic mass is 35.5. The lowest BCUT2D eigenvalue weighted by atomic mass is 10.4. The summed E-state index contributed by atoms with van der Waals surface area (Å²) < 4.78 is 0. The first-order valence-electron chi connectivity index (χ1n) is 3.70. The summed E-state index contributed by atoms with van der Waals surface area (Å²) in [5.41, 5.74) is 0. The molecule has 4 heteroatoms. The van der Waals surface area contributed by atoms with Crippen LogP contribution in [0, 0.1) is 0 Å². The van der Waals surface area contributed by atoms with Crippen molar-refractivity contribution in [3.05, 3.63) is 10.0 Å². The monoisotopic (exact) mass is 190 g/mol. The quantitative estimate of drug-likeness (QED) is 0.686. The number of aromatic nitrogens is 2. The van der Waals surface area contributed by atoms with Gasteiger partial charge in [0.2, 0.25) is 0 Å². The molecular formula is C7H11ClN2S.